The number of phenolic OH excluding ortho intramolecular Hbond substituents is 1. The molecule has 0 aromatic heterocycles. The topological polar surface area (TPSA) is 123 Å². The average molecular weight is 438 g/mol. The molecule has 2 N–H and O–H groups in total. The van der Waals surface area contributed by atoms with Gasteiger partial charge in [-0.1, -0.05) is 6.07 Å². The summed E-state index contributed by atoms with van der Waals surface area (Å²) in [6.45, 7) is 1.28. The summed E-state index contributed by atoms with van der Waals surface area (Å²) in [4.78, 5) is 22.3. The van der Waals surface area contributed by atoms with Crippen molar-refractivity contribution >= 4 is 33.7 Å². The number of methoxy groups -OCH3 is 1. The fourth-order valence-corrected chi connectivity index (χ4v) is 2.53. The number of hydrogen-bond donors (Lipinski definition) is 2. The van der Waals surface area contributed by atoms with Gasteiger partial charge < -0.3 is 14.6 Å². The van der Waals surface area contributed by atoms with Gasteiger partial charge in [0.2, 0.25) is 0 Å². The number of rotatable bonds is 7. The van der Waals surface area contributed by atoms with E-state index in [0.717, 1.165) is 0 Å². The van der Waals surface area contributed by atoms with Crippen molar-refractivity contribution in [3.8, 4) is 17.2 Å². The molecular formula is C17H16BrN3O6. The highest BCUT2D eigenvalue weighted by molar-refractivity contribution is 9.10. The molecule has 2 aromatic carbocycles. The highest BCUT2D eigenvalue weighted by atomic mass is 79.9. The summed E-state index contributed by atoms with van der Waals surface area (Å²) in [5.74, 6) is -0.401. The molecule has 0 saturated heterocycles. The molecule has 10 heteroatoms. The number of amides is 1. The van der Waals surface area contributed by atoms with E-state index >= 15 is 0 Å². The molecule has 0 radical (unpaired) electrons. The number of nitrogens with zero attached hydrogens (tertiary/aromatic N) is 2. The van der Waals surface area contributed by atoms with Crippen LogP contribution in [0.1, 0.15) is 11.1 Å². The minimum absolute atomic E-state index is 0.00284. The summed E-state index contributed by atoms with van der Waals surface area (Å²) in [5, 5.41) is 24.5. The van der Waals surface area contributed by atoms with Gasteiger partial charge >= 0.3 is 5.69 Å². The molecule has 0 atom stereocenters. The van der Waals surface area contributed by atoms with Crippen LogP contribution in [0.2, 0.25) is 0 Å². The van der Waals surface area contributed by atoms with Crippen LogP contribution in [-0.4, -0.2) is 35.9 Å². The standard InChI is InChI=1S/C17H16BrN3O6/c1-10-3-4-14(13(5-10)21(24)25)27-9-16(22)20-19-8-11-6-12(18)17(23)15(7-11)26-2/h3-8,23H,9H2,1-2H3,(H,20,22)/b19-8+. The van der Waals surface area contributed by atoms with E-state index in [-0.39, 0.29) is 22.9 Å². The van der Waals surface area contributed by atoms with Crippen LogP contribution in [0.25, 0.3) is 0 Å². The van der Waals surface area contributed by atoms with Crippen molar-refractivity contribution in [2.24, 2.45) is 5.10 Å². The van der Waals surface area contributed by atoms with E-state index in [4.69, 9.17) is 9.47 Å². The highest BCUT2D eigenvalue weighted by Gasteiger charge is 2.16. The Morgan fingerprint density at radius 3 is 2.78 bits per heavy atom. The van der Waals surface area contributed by atoms with E-state index in [1.165, 1.54) is 31.5 Å². The molecule has 0 aliphatic carbocycles. The Kier molecular flexibility index (Phi) is 6.72. The minimum atomic E-state index is -0.592. The third-order valence-electron chi connectivity index (χ3n) is 3.34. The van der Waals surface area contributed by atoms with Crippen LogP contribution in [0.3, 0.4) is 0 Å². The molecule has 0 bridgehead atoms. The van der Waals surface area contributed by atoms with Gasteiger partial charge in [0.25, 0.3) is 5.91 Å². The van der Waals surface area contributed by atoms with Crippen LogP contribution in [0.15, 0.2) is 39.9 Å². The largest absolute Gasteiger partial charge is 0.503 e. The fourth-order valence-electron chi connectivity index (χ4n) is 2.07. The number of hydrazone groups is 1. The highest BCUT2D eigenvalue weighted by Crippen LogP contribution is 2.34. The number of nitro benzene ring substituents is 1. The number of phenols is 1. The van der Waals surface area contributed by atoms with E-state index in [2.05, 4.69) is 26.5 Å². The third kappa shape index (κ3) is 5.42. The second-order valence-electron chi connectivity index (χ2n) is 5.36. The number of halogens is 1. The molecule has 0 fully saturated rings. The van der Waals surface area contributed by atoms with E-state index in [1.807, 2.05) is 0 Å². The molecule has 0 heterocycles. The second-order valence-corrected chi connectivity index (χ2v) is 6.22. The predicted molar refractivity (Wildman–Crippen MR) is 101 cm³/mol. The Balaban J connectivity index is 1.97. The molecule has 142 valence electrons. The lowest BCUT2D eigenvalue weighted by Gasteiger charge is -2.07. The lowest BCUT2D eigenvalue weighted by molar-refractivity contribution is -0.385. The van der Waals surface area contributed by atoms with Crippen molar-refractivity contribution in [3.05, 3.63) is 56.0 Å². The number of nitro groups is 1. The number of benzene rings is 2. The van der Waals surface area contributed by atoms with Crippen molar-refractivity contribution in [1.82, 2.24) is 5.43 Å². The van der Waals surface area contributed by atoms with Gasteiger partial charge in [-0.3, -0.25) is 14.9 Å². The van der Waals surface area contributed by atoms with Gasteiger partial charge in [0, 0.05) is 6.07 Å². The zero-order valence-corrected chi connectivity index (χ0v) is 16.0. The average Bonchev–Trinajstić information content (AvgIpc) is 2.63. The van der Waals surface area contributed by atoms with Crippen molar-refractivity contribution < 1.29 is 24.3 Å². The molecule has 0 aliphatic rings. The Bertz CT molecular complexity index is 900. The number of aromatic hydroxyl groups is 1. The third-order valence-corrected chi connectivity index (χ3v) is 3.95. The molecule has 0 aliphatic heterocycles. The molecule has 0 unspecified atom stereocenters. The first-order valence-corrected chi connectivity index (χ1v) is 8.37. The van der Waals surface area contributed by atoms with Crippen LogP contribution in [0.4, 0.5) is 5.69 Å². The zero-order valence-electron chi connectivity index (χ0n) is 14.4. The molecule has 27 heavy (non-hydrogen) atoms. The van der Waals surface area contributed by atoms with Gasteiger partial charge in [-0.05, 0) is 52.2 Å². The number of ether oxygens (including phenoxy) is 2. The maximum Gasteiger partial charge on any atom is 0.311 e. The molecule has 2 aromatic rings. The van der Waals surface area contributed by atoms with Crippen molar-refractivity contribution in [3.63, 3.8) is 0 Å². The summed E-state index contributed by atoms with van der Waals surface area (Å²) in [5.41, 5.74) is 3.30. The number of nitrogens with one attached hydrogen (secondary N) is 1. The van der Waals surface area contributed by atoms with Gasteiger partial charge in [-0.25, -0.2) is 5.43 Å². The van der Waals surface area contributed by atoms with Crippen LogP contribution in [0.5, 0.6) is 17.2 Å². The van der Waals surface area contributed by atoms with Gasteiger partial charge in [0.15, 0.2) is 23.9 Å². The Labute approximate surface area is 162 Å². The van der Waals surface area contributed by atoms with Gasteiger partial charge in [-0.15, -0.1) is 0 Å². The fraction of sp³-hybridized carbons (Fsp3) is 0.176. The maximum absolute atomic E-state index is 11.8. The minimum Gasteiger partial charge on any atom is -0.503 e. The van der Waals surface area contributed by atoms with Crippen LogP contribution >= 0.6 is 15.9 Å². The zero-order chi connectivity index (χ0) is 20.0. The monoisotopic (exact) mass is 437 g/mol. The Hall–Kier alpha value is -3.14. The Morgan fingerprint density at radius 1 is 1.37 bits per heavy atom. The van der Waals surface area contributed by atoms with E-state index in [0.29, 0.717) is 15.6 Å². The summed E-state index contributed by atoms with van der Waals surface area (Å²) < 4.78 is 10.6. The van der Waals surface area contributed by atoms with Gasteiger partial charge in [0.05, 0.1) is 22.7 Å². The lowest BCUT2D eigenvalue weighted by Crippen LogP contribution is -2.24. The number of hydrogen-bond acceptors (Lipinski definition) is 7. The predicted octanol–water partition coefficient (Wildman–Crippen LogP) is 2.91. The molecule has 1 amide bonds. The number of carbonyl (C=O) groups excluding carboxylic acids is 1. The maximum atomic E-state index is 11.8. The first kappa shape index (κ1) is 20.2. The first-order chi connectivity index (χ1) is 12.8. The smallest absolute Gasteiger partial charge is 0.311 e. The molecule has 2 rings (SSSR count). The molecule has 0 spiro atoms. The quantitative estimate of drug-likeness (QED) is 0.389. The van der Waals surface area contributed by atoms with E-state index < -0.39 is 17.4 Å². The van der Waals surface area contributed by atoms with Crippen LogP contribution in [0, 0.1) is 17.0 Å². The molecule has 9 nitrogen and oxygen atoms in total. The first-order valence-electron chi connectivity index (χ1n) is 7.58. The van der Waals surface area contributed by atoms with Gasteiger partial charge in [0.1, 0.15) is 0 Å². The summed E-state index contributed by atoms with van der Waals surface area (Å²) >= 11 is 3.18. The lowest BCUT2D eigenvalue weighted by atomic mass is 10.2. The van der Waals surface area contributed by atoms with Crippen LogP contribution in [-0.2, 0) is 4.79 Å². The molecule has 0 saturated carbocycles. The second kappa shape index (κ2) is 8.99. The van der Waals surface area contributed by atoms with E-state index in [1.54, 1.807) is 19.1 Å². The van der Waals surface area contributed by atoms with E-state index in [9.17, 15) is 20.0 Å². The van der Waals surface area contributed by atoms with Crippen molar-refractivity contribution in [2.45, 2.75) is 6.92 Å². The summed E-state index contributed by atoms with van der Waals surface area (Å²) in [6.07, 6.45) is 1.35. The van der Waals surface area contributed by atoms with Gasteiger partial charge in [-0.2, -0.15) is 5.10 Å². The van der Waals surface area contributed by atoms with Crippen molar-refractivity contribution in [2.75, 3.05) is 13.7 Å². The molecular weight excluding hydrogens is 422 g/mol. The normalized spacial score (nSPS) is 10.6. The number of aryl methyl sites for hydroxylation is 1. The van der Waals surface area contributed by atoms with Crippen molar-refractivity contribution in [1.29, 1.82) is 0 Å². The number of carbonyl (C=O) groups is 1. The van der Waals surface area contributed by atoms with Crippen LogP contribution < -0.4 is 14.9 Å². The summed E-state index contributed by atoms with van der Waals surface area (Å²) in [7, 11) is 1.41. The summed E-state index contributed by atoms with van der Waals surface area (Å²) in [6, 6.07) is 7.56. The SMILES string of the molecule is COc1cc(/C=N/NC(=O)COc2ccc(C)cc2[N+](=O)[O-])cc(Br)c1O. The Morgan fingerprint density at radius 2 is 2.11 bits per heavy atom.